The molecule has 3 heteroatoms. The Morgan fingerprint density at radius 3 is 2.35 bits per heavy atom. The zero-order valence-corrected chi connectivity index (χ0v) is 17.2. The standard InChI is InChI=1S/C23H31N3/c1-8-19-18(9-10-20(24-19)15(4)5)22-16(6)11-21-23(25-22)17(7)13-26(21)12-14(2)3/h9-11,13-15H,8,12H2,1-7H3. The molecule has 0 aliphatic carbocycles. The van der Waals surface area contributed by atoms with Gasteiger partial charge in [0.15, 0.2) is 0 Å². The Labute approximate surface area is 157 Å². The van der Waals surface area contributed by atoms with Crippen LogP contribution >= 0.6 is 0 Å². The SMILES string of the molecule is CCc1nc(C(C)C)ccc1-c1nc2c(C)cn(CC(C)C)c2cc1C. The Morgan fingerprint density at radius 2 is 1.73 bits per heavy atom. The second-order valence-corrected chi connectivity index (χ2v) is 8.12. The Kier molecular flexibility index (Phi) is 5.17. The molecule has 0 radical (unpaired) electrons. The maximum atomic E-state index is 5.09. The highest BCUT2D eigenvalue weighted by molar-refractivity contribution is 5.84. The van der Waals surface area contributed by atoms with Crippen molar-refractivity contribution in [3.05, 3.63) is 46.9 Å². The topological polar surface area (TPSA) is 30.7 Å². The minimum absolute atomic E-state index is 0.443. The van der Waals surface area contributed by atoms with Gasteiger partial charge in [-0.2, -0.15) is 0 Å². The van der Waals surface area contributed by atoms with Crippen molar-refractivity contribution in [2.75, 3.05) is 0 Å². The number of rotatable bonds is 5. The number of aromatic nitrogens is 3. The quantitative estimate of drug-likeness (QED) is 0.561. The average molecular weight is 350 g/mol. The third kappa shape index (κ3) is 3.40. The van der Waals surface area contributed by atoms with E-state index in [1.165, 1.54) is 22.2 Å². The summed E-state index contributed by atoms with van der Waals surface area (Å²) in [5.74, 6) is 1.06. The van der Waals surface area contributed by atoms with Crippen molar-refractivity contribution in [3.63, 3.8) is 0 Å². The van der Waals surface area contributed by atoms with E-state index in [2.05, 4.69) is 77.4 Å². The second kappa shape index (κ2) is 7.22. The third-order valence-corrected chi connectivity index (χ3v) is 4.96. The number of hydrogen-bond acceptors (Lipinski definition) is 2. The fourth-order valence-electron chi connectivity index (χ4n) is 3.61. The van der Waals surface area contributed by atoms with Gasteiger partial charge >= 0.3 is 0 Å². The van der Waals surface area contributed by atoms with Crippen LogP contribution in [-0.2, 0) is 13.0 Å². The van der Waals surface area contributed by atoms with Crippen LogP contribution in [0.25, 0.3) is 22.3 Å². The lowest BCUT2D eigenvalue weighted by atomic mass is 10.0. The molecular weight excluding hydrogens is 318 g/mol. The van der Waals surface area contributed by atoms with Gasteiger partial charge in [0.05, 0.1) is 16.7 Å². The summed E-state index contributed by atoms with van der Waals surface area (Å²) in [5.41, 5.74) is 9.36. The van der Waals surface area contributed by atoms with Gasteiger partial charge in [-0.1, -0.05) is 34.6 Å². The number of nitrogens with zero attached hydrogens (tertiary/aromatic N) is 3. The largest absolute Gasteiger partial charge is 0.346 e. The number of hydrogen-bond donors (Lipinski definition) is 0. The first kappa shape index (κ1) is 18.6. The van der Waals surface area contributed by atoms with Crippen molar-refractivity contribution in [1.82, 2.24) is 14.5 Å². The van der Waals surface area contributed by atoms with Crippen molar-refractivity contribution in [2.45, 2.75) is 67.3 Å². The van der Waals surface area contributed by atoms with E-state index in [0.29, 0.717) is 11.8 Å². The molecule has 3 nitrogen and oxygen atoms in total. The predicted molar refractivity (Wildman–Crippen MR) is 111 cm³/mol. The highest BCUT2D eigenvalue weighted by Gasteiger charge is 2.16. The van der Waals surface area contributed by atoms with Crippen LogP contribution in [0.15, 0.2) is 24.4 Å². The molecule has 0 aromatic carbocycles. The van der Waals surface area contributed by atoms with Crippen molar-refractivity contribution < 1.29 is 0 Å². The molecule has 0 unspecified atom stereocenters. The van der Waals surface area contributed by atoms with Crippen LogP contribution in [0.2, 0.25) is 0 Å². The third-order valence-electron chi connectivity index (χ3n) is 4.96. The van der Waals surface area contributed by atoms with Crippen LogP contribution in [0.4, 0.5) is 0 Å². The summed E-state index contributed by atoms with van der Waals surface area (Å²) in [6, 6.07) is 6.66. The van der Waals surface area contributed by atoms with E-state index < -0.39 is 0 Å². The summed E-state index contributed by atoms with van der Waals surface area (Å²) < 4.78 is 2.35. The van der Waals surface area contributed by atoms with E-state index >= 15 is 0 Å². The molecule has 3 heterocycles. The van der Waals surface area contributed by atoms with Crippen molar-refractivity contribution in [1.29, 1.82) is 0 Å². The minimum atomic E-state index is 0.443. The molecule has 0 bridgehead atoms. The van der Waals surface area contributed by atoms with Crippen LogP contribution in [0.3, 0.4) is 0 Å². The summed E-state index contributed by atoms with van der Waals surface area (Å²) in [5, 5.41) is 0. The van der Waals surface area contributed by atoms with Crippen molar-refractivity contribution >= 4 is 11.0 Å². The summed E-state index contributed by atoms with van der Waals surface area (Å²) in [6.07, 6.45) is 3.16. The van der Waals surface area contributed by atoms with Crippen molar-refractivity contribution in [3.8, 4) is 11.3 Å². The van der Waals surface area contributed by atoms with E-state index in [1.807, 2.05) is 0 Å². The molecule has 0 fully saturated rings. The van der Waals surface area contributed by atoms with Gasteiger partial charge in [-0.3, -0.25) is 4.98 Å². The zero-order chi connectivity index (χ0) is 19.0. The van der Waals surface area contributed by atoms with Crippen LogP contribution in [-0.4, -0.2) is 14.5 Å². The van der Waals surface area contributed by atoms with Crippen LogP contribution in [0.5, 0.6) is 0 Å². The normalized spacial score (nSPS) is 11.9. The van der Waals surface area contributed by atoms with Gasteiger partial charge < -0.3 is 4.57 Å². The highest BCUT2D eigenvalue weighted by atomic mass is 15.0. The van der Waals surface area contributed by atoms with Gasteiger partial charge in [-0.15, -0.1) is 0 Å². The lowest BCUT2D eigenvalue weighted by Gasteiger charge is -2.14. The number of fused-ring (bicyclic) bond motifs is 1. The lowest BCUT2D eigenvalue weighted by molar-refractivity contribution is 0.535. The predicted octanol–water partition coefficient (Wildman–Crippen LogP) is 6.06. The molecule has 26 heavy (non-hydrogen) atoms. The van der Waals surface area contributed by atoms with Gasteiger partial charge in [0.2, 0.25) is 0 Å². The molecule has 3 rings (SSSR count). The Morgan fingerprint density at radius 1 is 1.00 bits per heavy atom. The van der Waals surface area contributed by atoms with E-state index in [-0.39, 0.29) is 0 Å². The number of pyridine rings is 2. The molecule has 3 aromatic rings. The van der Waals surface area contributed by atoms with Gasteiger partial charge in [-0.05, 0) is 61.4 Å². The summed E-state index contributed by atoms with van der Waals surface area (Å²) in [7, 11) is 0. The monoisotopic (exact) mass is 349 g/mol. The fourth-order valence-corrected chi connectivity index (χ4v) is 3.61. The maximum Gasteiger partial charge on any atom is 0.0917 e. The molecule has 0 aliphatic rings. The summed E-state index contributed by atoms with van der Waals surface area (Å²) in [4.78, 5) is 10.0. The molecule has 3 aromatic heterocycles. The second-order valence-electron chi connectivity index (χ2n) is 8.12. The van der Waals surface area contributed by atoms with Gasteiger partial charge in [0.25, 0.3) is 0 Å². The first-order chi connectivity index (χ1) is 12.3. The van der Waals surface area contributed by atoms with E-state index in [9.17, 15) is 0 Å². The lowest BCUT2D eigenvalue weighted by Crippen LogP contribution is -2.04. The molecule has 0 saturated heterocycles. The molecule has 0 spiro atoms. The van der Waals surface area contributed by atoms with Crippen LogP contribution < -0.4 is 0 Å². The Bertz CT molecular complexity index is 932. The zero-order valence-electron chi connectivity index (χ0n) is 17.2. The molecule has 0 saturated carbocycles. The molecule has 0 amide bonds. The summed E-state index contributed by atoms with van der Waals surface area (Å²) in [6.45, 7) is 16.4. The first-order valence-corrected chi connectivity index (χ1v) is 9.79. The molecule has 0 aliphatic heterocycles. The van der Waals surface area contributed by atoms with E-state index in [1.54, 1.807) is 0 Å². The summed E-state index contributed by atoms with van der Waals surface area (Å²) >= 11 is 0. The fraction of sp³-hybridized carbons (Fsp3) is 0.478. The Hall–Kier alpha value is -2.16. The van der Waals surface area contributed by atoms with E-state index in [0.717, 1.165) is 35.6 Å². The molecule has 0 atom stereocenters. The minimum Gasteiger partial charge on any atom is -0.346 e. The highest BCUT2D eigenvalue weighted by Crippen LogP contribution is 2.31. The smallest absolute Gasteiger partial charge is 0.0917 e. The van der Waals surface area contributed by atoms with Gasteiger partial charge in [0.1, 0.15) is 0 Å². The Balaban J connectivity index is 2.17. The van der Waals surface area contributed by atoms with Crippen molar-refractivity contribution in [2.24, 2.45) is 5.92 Å². The van der Waals surface area contributed by atoms with Crippen LogP contribution in [0, 0.1) is 19.8 Å². The van der Waals surface area contributed by atoms with E-state index in [4.69, 9.17) is 9.97 Å². The van der Waals surface area contributed by atoms with Gasteiger partial charge in [0, 0.05) is 29.7 Å². The van der Waals surface area contributed by atoms with Crippen LogP contribution in [0.1, 0.15) is 63.1 Å². The van der Waals surface area contributed by atoms with Gasteiger partial charge in [-0.25, -0.2) is 4.98 Å². The molecule has 0 N–H and O–H groups in total. The average Bonchev–Trinajstić information content (AvgIpc) is 2.87. The first-order valence-electron chi connectivity index (χ1n) is 9.79. The molecular formula is C23H31N3. The molecule has 138 valence electrons. The maximum absolute atomic E-state index is 5.09. The number of aryl methyl sites for hydroxylation is 3.